The van der Waals surface area contributed by atoms with Gasteiger partial charge in [-0.05, 0) is 23.6 Å². The van der Waals surface area contributed by atoms with E-state index >= 15 is 0 Å². The Hall–Kier alpha value is -1.02. The highest BCUT2D eigenvalue weighted by molar-refractivity contribution is 6.42. The highest BCUT2D eigenvalue weighted by atomic mass is 35.5. The summed E-state index contributed by atoms with van der Waals surface area (Å²) < 4.78 is 0. The van der Waals surface area contributed by atoms with Crippen LogP contribution in [0.4, 0.5) is 0 Å². The second-order valence-corrected chi connectivity index (χ2v) is 4.72. The van der Waals surface area contributed by atoms with Crippen molar-refractivity contribution in [2.75, 3.05) is 0 Å². The van der Waals surface area contributed by atoms with E-state index < -0.39 is 0 Å². The van der Waals surface area contributed by atoms with Crippen LogP contribution in [0.25, 0.3) is 0 Å². The van der Waals surface area contributed by atoms with Gasteiger partial charge in [-0.25, -0.2) is 0 Å². The molecule has 2 aromatic carbocycles. The summed E-state index contributed by atoms with van der Waals surface area (Å²) in [5, 5.41) is 1.10. The molecule has 0 aliphatic heterocycles. The van der Waals surface area contributed by atoms with Gasteiger partial charge >= 0.3 is 0 Å². The minimum Gasteiger partial charge on any atom is -0.324 e. The molecule has 1 atom stereocenters. The predicted octanol–water partition coefficient (Wildman–Crippen LogP) is 4.24. The third-order valence-electron chi connectivity index (χ3n) is 2.68. The van der Waals surface area contributed by atoms with E-state index in [1.54, 1.807) is 6.07 Å². The minimum atomic E-state index is -0.136. The van der Waals surface area contributed by atoms with Crippen LogP contribution in [-0.2, 0) is 6.42 Å². The van der Waals surface area contributed by atoms with E-state index in [0.717, 1.165) is 12.0 Å². The van der Waals surface area contributed by atoms with Gasteiger partial charge in [-0.1, -0.05) is 65.7 Å². The molecule has 3 heteroatoms. The number of hydrogen-bond acceptors (Lipinski definition) is 1. The Balaban J connectivity index is 2.20. The second kappa shape index (κ2) is 5.54. The van der Waals surface area contributed by atoms with Crippen LogP contribution < -0.4 is 5.73 Å². The molecule has 0 aliphatic carbocycles. The molecule has 2 rings (SSSR count). The fourth-order valence-corrected chi connectivity index (χ4v) is 2.23. The first-order chi connectivity index (χ1) is 8.18. The van der Waals surface area contributed by atoms with Crippen molar-refractivity contribution in [1.82, 2.24) is 0 Å². The zero-order valence-corrected chi connectivity index (χ0v) is 10.7. The lowest BCUT2D eigenvalue weighted by molar-refractivity contribution is 0.722. The Kier molecular flexibility index (Phi) is 4.06. The molecule has 0 aromatic heterocycles. The lowest BCUT2D eigenvalue weighted by Gasteiger charge is -2.14. The molecule has 0 radical (unpaired) electrons. The molecule has 0 bridgehead atoms. The van der Waals surface area contributed by atoms with Gasteiger partial charge in [-0.2, -0.15) is 0 Å². The third kappa shape index (κ3) is 3.01. The first-order valence-corrected chi connectivity index (χ1v) is 6.17. The summed E-state index contributed by atoms with van der Waals surface area (Å²) in [6.07, 6.45) is 0.751. The van der Waals surface area contributed by atoms with Crippen molar-refractivity contribution in [1.29, 1.82) is 0 Å². The molecule has 0 saturated carbocycles. The molecule has 2 N–H and O–H groups in total. The van der Waals surface area contributed by atoms with Crippen LogP contribution >= 0.6 is 23.2 Å². The maximum absolute atomic E-state index is 6.15. The van der Waals surface area contributed by atoms with Gasteiger partial charge in [0.05, 0.1) is 10.0 Å². The zero-order chi connectivity index (χ0) is 12.3. The van der Waals surface area contributed by atoms with Crippen LogP contribution in [0.2, 0.25) is 10.0 Å². The van der Waals surface area contributed by atoms with Crippen LogP contribution in [-0.4, -0.2) is 0 Å². The number of nitrogens with two attached hydrogens (primary N) is 1. The molecule has 17 heavy (non-hydrogen) atoms. The molecule has 1 nitrogen and oxygen atoms in total. The van der Waals surface area contributed by atoms with Crippen molar-refractivity contribution < 1.29 is 0 Å². The second-order valence-electron chi connectivity index (χ2n) is 3.94. The van der Waals surface area contributed by atoms with Gasteiger partial charge in [0.2, 0.25) is 0 Å². The van der Waals surface area contributed by atoms with Gasteiger partial charge in [0.15, 0.2) is 0 Å². The molecule has 0 amide bonds. The van der Waals surface area contributed by atoms with Crippen LogP contribution in [0.5, 0.6) is 0 Å². The highest BCUT2D eigenvalue weighted by Crippen LogP contribution is 2.30. The van der Waals surface area contributed by atoms with Crippen molar-refractivity contribution >= 4 is 23.2 Å². The Bertz CT molecular complexity index is 497. The molecule has 2 aromatic rings. The van der Waals surface area contributed by atoms with Crippen molar-refractivity contribution in [2.45, 2.75) is 12.5 Å². The Labute approximate surface area is 111 Å². The van der Waals surface area contributed by atoms with E-state index in [-0.39, 0.29) is 6.04 Å². The summed E-state index contributed by atoms with van der Waals surface area (Å²) in [6, 6.07) is 15.5. The molecule has 0 fully saturated rings. The smallest absolute Gasteiger partial charge is 0.0640 e. The third-order valence-corrected chi connectivity index (χ3v) is 3.51. The highest BCUT2D eigenvalue weighted by Gasteiger charge is 2.12. The van der Waals surface area contributed by atoms with Crippen molar-refractivity contribution in [3.05, 3.63) is 69.7 Å². The maximum Gasteiger partial charge on any atom is 0.0640 e. The summed E-state index contributed by atoms with van der Waals surface area (Å²) in [5.74, 6) is 0. The van der Waals surface area contributed by atoms with Crippen molar-refractivity contribution in [3.63, 3.8) is 0 Å². The SMILES string of the molecule is N[C@@H](Cc1ccccc1)c1cccc(Cl)c1Cl. The normalized spacial score (nSPS) is 12.4. The Morgan fingerprint density at radius 3 is 2.35 bits per heavy atom. The molecular weight excluding hydrogens is 253 g/mol. The average Bonchev–Trinajstić information content (AvgIpc) is 2.34. The van der Waals surface area contributed by atoms with Crippen molar-refractivity contribution in [3.8, 4) is 0 Å². The van der Waals surface area contributed by atoms with Crippen LogP contribution in [0.3, 0.4) is 0 Å². The Morgan fingerprint density at radius 2 is 1.65 bits per heavy atom. The predicted molar refractivity (Wildman–Crippen MR) is 73.5 cm³/mol. The monoisotopic (exact) mass is 265 g/mol. The molecule has 0 aliphatic rings. The Morgan fingerprint density at radius 1 is 0.941 bits per heavy atom. The lowest BCUT2D eigenvalue weighted by atomic mass is 10.00. The summed E-state index contributed by atoms with van der Waals surface area (Å²) in [5.41, 5.74) is 8.24. The number of halogens is 2. The van der Waals surface area contributed by atoms with Gasteiger partial charge in [0, 0.05) is 6.04 Å². The van der Waals surface area contributed by atoms with Gasteiger partial charge in [-0.15, -0.1) is 0 Å². The largest absolute Gasteiger partial charge is 0.324 e. The van der Waals surface area contributed by atoms with Gasteiger partial charge in [0.1, 0.15) is 0 Å². The van der Waals surface area contributed by atoms with E-state index in [4.69, 9.17) is 28.9 Å². The fourth-order valence-electron chi connectivity index (χ4n) is 1.78. The number of hydrogen-bond donors (Lipinski definition) is 1. The van der Waals surface area contributed by atoms with Crippen LogP contribution in [0.15, 0.2) is 48.5 Å². The first kappa shape index (κ1) is 12.4. The standard InChI is InChI=1S/C14H13Cl2N/c15-12-8-4-7-11(14(12)16)13(17)9-10-5-2-1-3-6-10/h1-8,13H,9,17H2/t13-/m0/s1. The molecule has 0 heterocycles. The average molecular weight is 266 g/mol. The van der Waals surface area contributed by atoms with Gasteiger partial charge < -0.3 is 5.73 Å². The summed E-state index contributed by atoms with van der Waals surface area (Å²) in [7, 11) is 0. The summed E-state index contributed by atoms with van der Waals surface area (Å²) in [4.78, 5) is 0. The van der Waals surface area contributed by atoms with Crippen molar-refractivity contribution in [2.24, 2.45) is 5.73 Å². The summed E-state index contributed by atoms with van der Waals surface area (Å²) in [6.45, 7) is 0. The topological polar surface area (TPSA) is 26.0 Å². The van der Waals surface area contributed by atoms with E-state index in [0.29, 0.717) is 10.0 Å². The maximum atomic E-state index is 6.15. The first-order valence-electron chi connectivity index (χ1n) is 5.42. The molecule has 0 saturated heterocycles. The number of rotatable bonds is 3. The quantitative estimate of drug-likeness (QED) is 0.883. The van der Waals surface area contributed by atoms with Gasteiger partial charge in [0.25, 0.3) is 0 Å². The number of benzene rings is 2. The molecular formula is C14H13Cl2N. The minimum absolute atomic E-state index is 0.136. The summed E-state index contributed by atoms with van der Waals surface area (Å²) >= 11 is 12.1. The van der Waals surface area contributed by atoms with E-state index in [1.807, 2.05) is 30.3 Å². The van der Waals surface area contributed by atoms with E-state index in [1.165, 1.54) is 5.56 Å². The molecule has 0 unspecified atom stereocenters. The zero-order valence-electron chi connectivity index (χ0n) is 9.24. The molecule has 88 valence electrons. The van der Waals surface area contributed by atoms with Crippen LogP contribution in [0.1, 0.15) is 17.2 Å². The van der Waals surface area contributed by atoms with Gasteiger partial charge in [-0.3, -0.25) is 0 Å². The van der Waals surface area contributed by atoms with E-state index in [2.05, 4.69) is 12.1 Å². The lowest BCUT2D eigenvalue weighted by Crippen LogP contribution is -2.13. The van der Waals surface area contributed by atoms with Crippen LogP contribution in [0, 0.1) is 0 Å². The molecule has 0 spiro atoms. The fraction of sp³-hybridized carbons (Fsp3) is 0.143. The van der Waals surface area contributed by atoms with E-state index in [9.17, 15) is 0 Å².